The second-order valence-electron chi connectivity index (χ2n) is 8.14. The summed E-state index contributed by atoms with van der Waals surface area (Å²) in [6, 6.07) is 8.40. The largest absolute Gasteiger partial charge is 0.481 e. The standard InChI is InChI=1S/C23H27NO3S3/c25-19(26)7-4-2-1-3-6-17-15-9-10-16(14-15)22(17)24-23(27)18-11-12-21(29-18)30-20-8-5-13-28-20/h1,3,5,8,11-13,15-17,22H,2,4,6-7,9-10,14H2,(H,24,27)(H,25,26)/b3-1+. The first-order chi connectivity index (χ1) is 14.6. The van der Waals surface area contributed by atoms with Crippen molar-refractivity contribution in [2.75, 3.05) is 0 Å². The minimum Gasteiger partial charge on any atom is -0.481 e. The van der Waals surface area contributed by atoms with Crippen LogP contribution in [0.3, 0.4) is 0 Å². The highest BCUT2D eigenvalue weighted by Crippen LogP contribution is 2.50. The van der Waals surface area contributed by atoms with E-state index < -0.39 is 5.97 Å². The van der Waals surface area contributed by atoms with Crippen LogP contribution in [-0.2, 0) is 4.79 Å². The summed E-state index contributed by atoms with van der Waals surface area (Å²) >= 11 is 5.00. The van der Waals surface area contributed by atoms with Crippen molar-refractivity contribution in [2.24, 2.45) is 17.8 Å². The van der Waals surface area contributed by atoms with Gasteiger partial charge in [-0.2, -0.15) is 0 Å². The maximum absolute atomic E-state index is 12.9. The zero-order chi connectivity index (χ0) is 20.9. The molecule has 4 nitrogen and oxygen atoms in total. The molecule has 0 saturated heterocycles. The van der Waals surface area contributed by atoms with Gasteiger partial charge in [-0.1, -0.05) is 30.0 Å². The molecule has 2 bridgehead atoms. The first-order valence-electron chi connectivity index (χ1n) is 10.6. The molecule has 2 aromatic rings. The van der Waals surface area contributed by atoms with Gasteiger partial charge in [0.1, 0.15) is 0 Å². The molecule has 2 aliphatic carbocycles. The molecule has 0 radical (unpaired) electrons. The van der Waals surface area contributed by atoms with Gasteiger partial charge in [0.05, 0.1) is 13.3 Å². The zero-order valence-corrected chi connectivity index (χ0v) is 19.2. The average molecular weight is 462 g/mol. The van der Waals surface area contributed by atoms with E-state index in [1.807, 2.05) is 18.2 Å². The fourth-order valence-electron chi connectivity index (χ4n) is 4.86. The summed E-state index contributed by atoms with van der Waals surface area (Å²) in [5, 5.41) is 14.2. The Morgan fingerprint density at radius 2 is 2.03 bits per heavy atom. The van der Waals surface area contributed by atoms with Gasteiger partial charge in [0.25, 0.3) is 5.91 Å². The van der Waals surface area contributed by atoms with Crippen molar-refractivity contribution in [1.82, 2.24) is 5.32 Å². The number of carboxylic acid groups (broad SMARTS) is 1. The number of hydrogen-bond donors (Lipinski definition) is 2. The Balaban J connectivity index is 1.32. The van der Waals surface area contributed by atoms with E-state index in [0.29, 0.717) is 24.2 Å². The minimum absolute atomic E-state index is 0.0611. The van der Waals surface area contributed by atoms with Crippen molar-refractivity contribution in [1.29, 1.82) is 0 Å². The molecule has 2 fully saturated rings. The summed E-state index contributed by atoms with van der Waals surface area (Å²) in [4.78, 5) is 24.3. The summed E-state index contributed by atoms with van der Waals surface area (Å²) in [5.41, 5.74) is 0. The molecule has 1 amide bonds. The number of thiophene rings is 2. The van der Waals surface area contributed by atoms with Crippen LogP contribution in [0.25, 0.3) is 0 Å². The molecular formula is C23H27NO3S3. The van der Waals surface area contributed by atoms with Gasteiger partial charge in [0, 0.05) is 12.5 Å². The molecule has 2 N–H and O–H groups in total. The molecule has 0 spiro atoms. The lowest BCUT2D eigenvalue weighted by molar-refractivity contribution is -0.137. The van der Waals surface area contributed by atoms with Crippen LogP contribution in [-0.4, -0.2) is 23.0 Å². The van der Waals surface area contributed by atoms with Gasteiger partial charge in [0.2, 0.25) is 0 Å². The highest BCUT2D eigenvalue weighted by molar-refractivity contribution is 8.02. The van der Waals surface area contributed by atoms with Crippen LogP contribution in [0.5, 0.6) is 0 Å². The summed E-state index contributed by atoms with van der Waals surface area (Å²) in [6.07, 6.45) is 10.7. The fourth-order valence-corrected chi connectivity index (χ4v) is 7.92. The molecular weight excluding hydrogens is 434 g/mol. The van der Waals surface area contributed by atoms with Gasteiger partial charge in [-0.25, -0.2) is 0 Å². The number of aliphatic carboxylic acids is 1. The maximum Gasteiger partial charge on any atom is 0.303 e. The Labute approximate surface area is 189 Å². The lowest BCUT2D eigenvalue weighted by Crippen LogP contribution is -2.43. The van der Waals surface area contributed by atoms with Crippen LogP contribution in [0.4, 0.5) is 0 Å². The van der Waals surface area contributed by atoms with Crippen molar-refractivity contribution in [2.45, 2.75) is 59.4 Å². The molecule has 4 rings (SSSR count). The van der Waals surface area contributed by atoms with Crippen molar-refractivity contribution < 1.29 is 14.7 Å². The SMILES string of the molecule is O=C(O)CCC/C=C/CC1C2CCC(C2)C1NC(=O)c1ccc(Sc2cccs2)s1. The van der Waals surface area contributed by atoms with Crippen molar-refractivity contribution in [3.05, 3.63) is 46.7 Å². The van der Waals surface area contributed by atoms with E-state index in [4.69, 9.17) is 5.11 Å². The molecule has 7 heteroatoms. The molecule has 160 valence electrons. The summed E-state index contributed by atoms with van der Waals surface area (Å²) in [5.74, 6) is 1.14. The van der Waals surface area contributed by atoms with E-state index in [2.05, 4.69) is 28.9 Å². The van der Waals surface area contributed by atoms with Crippen molar-refractivity contribution in [3.63, 3.8) is 0 Å². The third kappa shape index (κ3) is 5.37. The Kier molecular flexibility index (Phi) is 7.33. The van der Waals surface area contributed by atoms with Crippen LogP contribution < -0.4 is 5.32 Å². The van der Waals surface area contributed by atoms with E-state index in [1.165, 1.54) is 23.5 Å². The fraction of sp³-hybridized carbons (Fsp3) is 0.478. The van der Waals surface area contributed by atoms with Crippen LogP contribution in [0.1, 0.15) is 54.6 Å². The highest BCUT2D eigenvalue weighted by Gasteiger charge is 2.47. The number of carbonyl (C=O) groups excluding carboxylic acids is 1. The van der Waals surface area contributed by atoms with E-state index in [0.717, 1.165) is 21.9 Å². The van der Waals surface area contributed by atoms with Crippen LogP contribution >= 0.6 is 34.4 Å². The second-order valence-corrected chi connectivity index (χ2v) is 11.8. The highest BCUT2D eigenvalue weighted by atomic mass is 32.2. The molecule has 4 atom stereocenters. The molecule has 2 aliphatic rings. The zero-order valence-electron chi connectivity index (χ0n) is 16.8. The predicted molar refractivity (Wildman–Crippen MR) is 124 cm³/mol. The number of hydrogen-bond acceptors (Lipinski definition) is 5. The third-order valence-electron chi connectivity index (χ3n) is 6.22. The molecule has 2 aromatic heterocycles. The van der Waals surface area contributed by atoms with E-state index >= 15 is 0 Å². The summed E-state index contributed by atoms with van der Waals surface area (Å²) in [7, 11) is 0. The van der Waals surface area contributed by atoms with Crippen LogP contribution in [0.2, 0.25) is 0 Å². The molecule has 30 heavy (non-hydrogen) atoms. The lowest BCUT2D eigenvalue weighted by Gasteiger charge is -2.31. The van der Waals surface area contributed by atoms with Gasteiger partial charge in [-0.15, -0.1) is 22.7 Å². The molecule has 0 aliphatic heterocycles. The predicted octanol–water partition coefficient (Wildman–Crippen LogP) is 6.31. The quantitative estimate of drug-likeness (QED) is 0.321. The molecule has 2 heterocycles. The van der Waals surface area contributed by atoms with Crippen LogP contribution in [0.15, 0.2) is 50.2 Å². The van der Waals surface area contributed by atoms with Gasteiger partial charge >= 0.3 is 5.97 Å². The van der Waals surface area contributed by atoms with Gasteiger partial charge in [0.15, 0.2) is 0 Å². The number of amides is 1. The average Bonchev–Trinajstić information content (AvgIpc) is 3.50. The minimum atomic E-state index is -0.732. The van der Waals surface area contributed by atoms with Crippen molar-refractivity contribution in [3.8, 4) is 0 Å². The second kappa shape index (κ2) is 10.2. The number of carboxylic acids is 1. The van der Waals surface area contributed by atoms with Crippen LogP contribution in [0, 0.1) is 17.8 Å². The first-order valence-corrected chi connectivity index (χ1v) is 13.1. The number of unbranched alkanes of at least 4 members (excludes halogenated alkanes) is 1. The Hall–Kier alpha value is -1.57. The third-order valence-corrected chi connectivity index (χ3v) is 9.48. The summed E-state index contributed by atoms with van der Waals surface area (Å²) in [6.45, 7) is 0. The van der Waals surface area contributed by atoms with Crippen molar-refractivity contribution >= 4 is 46.3 Å². The maximum atomic E-state index is 12.9. The molecule has 4 unspecified atom stereocenters. The van der Waals surface area contributed by atoms with Gasteiger partial charge < -0.3 is 10.4 Å². The Morgan fingerprint density at radius 3 is 2.83 bits per heavy atom. The Morgan fingerprint density at radius 1 is 1.17 bits per heavy atom. The van der Waals surface area contributed by atoms with E-state index in [9.17, 15) is 9.59 Å². The normalized spacial score (nSPS) is 25.2. The van der Waals surface area contributed by atoms with E-state index in [-0.39, 0.29) is 18.4 Å². The summed E-state index contributed by atoms with van der Waals surface area (Å²) < 4.78 is 2.39. The monoisotopic (exact) mass is 461 g/mol. The number of nitrogens with one attached hydrogen (secondary N) is 1. The van der Waals surface area contributed by atoms with E-state index in [1.54, 1.807) is 34.4 Å². The number of allylic oxidation sites excluding steroid dienone is 2. The number of rotatable bonds is 10. The number of fused-ring (bicyclic) bond motifs is 2. The number of carbonyl (C=O) groups is 2. The Bertz CT molecular complexity index is 889. The lowest BCUT2D eigenvalue weighted by atomic mass is 9.82. The van der Waals surface area contributed by atoms with Gasteiger partial charge in [-0.05, 0) is 79.9 Å². The first kappa shape index (κ1) is 21.7. The molecule has 0 aromatic carbocycles. The topological polar surface area (TPSA) is 66.4 Å². The molecule has 2 saturated carbocycles. The smallest absolute Gasteiger partial charge is 0.303 e. The van der Waals surface area contributed by atoms with Gasteiger partial charge in [-0.3, -0.25) is 9.59 Å².